The highest BCUT2D eigenvalue weighted by atomic mass is 32.1. The summed E-state index contributed by atoms with van der Waals surface area (Å²) in [6, 6.07) is 0. The molecule has 0 spiro atoms. The van der Waals surface area contributed by atoms with Crippen LogP contribution < -0.4 is 5.32 Å². The standard InChI is InChI=1S/C9H17NO4S/c1-5(2)9(3,7(11)12)6(15)10-8(13)14-4/h5-6,15H,1-4H3,(H,10,13)(H,11,12)/t6?,9-/m0/s1. The van der Waals surface area contributed by atoms with E-state index in [1.54, 1.807) is 13.8 Å². The van der Waals surface area contributed by atoms with E-state index in [2.05, 4.69) is 22.7 Å². The number of ether oxygens (including phenoxy) is 1. The van der Waals surface area contributed by atoms with Crippen LogP contribution in [0.5, 0.6) is 0 Å². The molecule has 5 nitrogen and oxygen atoms in total. The first-order valence-corrected chi connectivity index (χ1v) is 5.04. The van der Waals surface area contributed by atoms with Crippen molar-refractivity contribution in [2.45, 2.75) is 26.1 Å². The molecule has 0 radical (unpaired) electrons. The summed E-state index contributed by atoms with van der Waals surface area (Å²) in [6.45, 7) is 5.06. The summed E-state index contributed by atoms with van der Waals surface area (Å²) in [5.41, 5.74) is -1.14. The number of hydrogen-bond donors (Lipinski definition) is 3. The maximum absolute atomic E-state index is 11.1. The molecule has 6 heteroatoms. The lowest BCUT2D eigenvalue weighted by atomic mass is 9.78. The Hall–Kier alpha value is -0.910. The summed E-state index contributed by atoms with van der Waals surface area (Å²) >= 11 is 4.09. The highest BCUT2D eigenvalue weighted by Crippen LogP contribution is 2.33. The van der Waals surface area contributed by atoms with Gasteiger partial charge in [-0.15, -0.1) is 0 Å². The number of carboxylic acids is 1. The fraction of sp³-hybridized carbons (Fsp3) is 0.778. The van der Waals surface area contributed by atoms with Gasteiger partial charge in [-0.2, -0.15) is 12.6 Å². The topological polar surface area (TPSA) is 75.6 Å². The maximum atomic E-state index is 11.1. The second-order valence-corrected chi connectivity index (χ2v) is 4.30. The summed E-state index contributed by atoms with van der Waals surface area (Å²) in [5.74, 6) is -1.18. The number of nitrogens with one attached hydrogen (secondary N) is 1. The molecule has 0 heterocycles. The van der Waals surface area contributed by atoms with Crippen LogP contribution in [0, 0.1) is 11.3 Å². The van der Waals surface area contributed by atoms with Gasteiger partial charge in [0.05, 0.1) is 17.9 Å². The number of hydrogen-bond acceptors (Lipinski definition) is 4. The quantitative estimate of drug-likeness (QED) is 0.508. The van der Waals surface area contributed by atoms with E-state index in [1.165, 1.54) is 14.0 Å². The van der Waals surface area contributed by atoms with Crippen LogP contribution in [0.4, 0.5) is 4.79 Å². The van der Waals surface area contributed by atoms with Gasteiger partial charge in [0.15, 0.2) is 0 Å². The fourth-order valence-electron chi connectivity index (χ4n) is 1.00. The highest BCUT2D eigenvalue weighted by molar-refractivity contribution is 7.81. The Morgan fingerprint density at radius 3 is 2.20 bits per heavy atom. The van der Waals surface area contributed by atoms with Crippen molar-refractivity contribution in [1.29, 1.82) is 0 Å². The second-order valence-electron chi connectivity index (χ2n) is 3.78. The van der Waals surface area contributed by atoms with Crippen LogP contribution >= 0.6 is 12.6 Å². The molecular weight excluding hydrogens is 218 g/mol. The maximum Gasteiger partial charge on any atom is 0.407 e. The number of amides is 1. The summed E-state index contributed by atoms with van der Waals surface area (Å²) < 4.78 is 4.38. The number of thiol groups is 1. The van der Waals surface area contributed by atoms with Crippen LogP contribution in [0.2, 0.25) is 0 Å². The largest absolute Gasteiger partial charge is 0.481 e. The third-order valence-electron chi connectivity index (χ3n) is 2.67. The van der Waals surface area contributed by atoms with Gasteiger partial charge in [-0.1, -0.05) is 13.8 Å². The molecule has 0 aliphatic carbocycles. The average Bonchev–Trinajstić information content (AvgIpc) is 2.15. The van der Waals surface area contributed by atoms with E-state index in [4.69, 9.17) is 5.11 Å². The third kappa shape index (κ3) is 3.02. The first kappa shape index (κ1) is 14.1. The lowest BCUT2D eigenvalue weighted by Crippen LogP contribution is -2.50. The van der Waals surface area contributed by atoms with Crippen LogP contribution in [0.15, 0.2) is 0 Å². The van der Waals surface area contributed by atoms with Gasteiger partial charge in [0.1, 0.15) is 0 Å². The highest BCUT2D eigenvalue weighted by Gasteiger charge is 2.43. The van der Waals surface area contributed by atoms with Crippen molar-refractivity contribution in [2.75, 3.05) is 7.11 Å². The van der Waals surface area contributed by atoms with E-state index in [9.17, 15) is 9.59 Å². The van der Waals surface area contributed by atoms with E-state index in [0.717, 1.165) is 0 Å². The lowest BCUT2D eigenvalue weighted by molar-refractivity contribution is -0.150. The monoisotopic (exact) mass is 235 g/mol. The summed E-state index contributed by atoms with van der Waals surface area (Å²) in [7, 11) is 1.21. The molecule has 0 saturated heterocycles. The van der Waals surface area contributed by atoms with Crippen molar-refractivity contribution < 1.29 is 19.4 Å². The molecule has 1 unspecified atom stereocenters. The van der Waals surface area contributed by atoms with Crippen LogP contribution in [0.1, 0.15) is 20.8 Å². The predicted molar refractivity (Wildman–Crippen MR) is 58.9 cm³/mol. The number of carboxylic acid groups (broad SMARTS) is 1. The lowest BCUT2D eigenvalue weighted by Gasteiger charge is -2.34. The van der Waals surface area contributed by atoms with Gasteiger partial charge in [-0.3, -0.25) is 4.79 Å². The van der Waals surface area contributed by atoms with Gasteiger partial charge in [0.2, 0.25) is 0 Å². The number of rotatable bonds is 4. The molecule has 0 aromatic heterocycles. The van der Waals surface area contributed by atoms with Gasteiger partial charge < -0.3 is 15.2 Å². The molecule has 0 aliphatic rings. The Labute approximate surface area is 94.6 Å². The molecular formula is C9H17NO4S. The third-order valence-corrected chi connectivity index (χ3v) is 3.33. The number of carbonyl (C=O) groups excluding carboxylic acids is 1. The molecule has 1 amide bonds. The molecule has 0 aliphatic heterocycles. The first-order chi connectivity index (χ1) is 6.76. The average molecular weight is 235 g/mol. The SMILES string of the molecule is COC(=O)NC(S)[C@@](C)(C(=O)O)C(C)C. The normalized spacial score (nSPS) is 16.7. The van der Waals surface area contributed by atoms with Crippen molar-refractivity contribution in [2.24, 2.45) is 11.3 Å². The molecule has 0 rings (SSSR count). The number of aliphatic carboxylic acids is 1. The number of methoxy groups -OCH3 is 1. The smallest absolute Gasteiger partial charge is 0.407 e. The van der Waals surface area contributed by atoms with Gasteiger partial charge in [-0.25, -0.2) is 4.79 Å². The van der Waals surface area contributed by atoms with Crippen molar-refractivity contribution in [1.82, 2.24) is 5.32 Å². The Morgan fingerprint density at radius 2 is 1.93 bits per heavy atom. The molecule has 2 atom stereocenters. The van der Waals surface area contributed by atoms with Gasteiger partial charge in [0.25, 0.3) is 0 Å². The Balaban J connectivity index is 4.79. The van der Waals surface area contributed by atoms with Crippen molar-refractivity contribution >= 4 is 24.7 Å². The molecule has 2 N–H and O–H groups in total. The van der Waals surface area contributed by atoms with Gasteiger partial charge >= 0.3 is 12.1 Å². The predicted octanol–water partition coefficient (Wildman–Crippen LogP) is 1.35. The van der Waals surface area contributed by atoms with Gasteiger partial charge in [-0.05, 0) is 12.8 Å². The van der Waals surface area contributed by atoms with Gasteiger partial charge in [0, 0.05) is 0 Å². The van der Waals surface area contributed by atoms with Crippen molar-refractivity contribution in [3.05, 3.63) is 0 Å². The summed E-state index contributed by atoms with van der Waals surface area (Å²) in [4.78, 5) is 22.1. The summed E-state index contributed by atoms with van der Waals surface area (Å²) in [6.07, 6.45) is -0.692. The Morgan fingerprint density at radius 1 is 1.47 bits per heavy atom. The molecule has 0 saturated carbocycles. The first-order valence-electron chi connectivity index (χ1n) is 4.52. The zero-order chi connectivity index (χ0) is 12.2. The Kier molecular flexibility index (Phi) is 4.93. The molecule has 0 aromatic rings. The van der Waals surface area contributed by atoms with Crippen LogP contribution in [-0.2, 0) is 9.53 Å². The fourth-order valence-corrected chi connectivity index (χ4v) is 1.51. The van der Waals surface area contributed by atoms with E-state index in [0.29, 0.717) is 0 Å². The molecule has 0 aromatic carbocycles. The summed E-state index contributed by atoms with van der Waals surface area (Å²) in [5, 5.41) is 10.7. The van der Waals surface area contributed by atoms with E-state index in [1.807, 2.05) is 0 Å². The van der Waals surface area contributed by atoms with Crippen molar-refractivity contribution in [3.8, 4) is 0 Å². The second kappa shape index (κ2) is 5.25. The molecule has 0 fully saturated rings. The number of alkyl carbamates (subject to hydrolysis) is 1. The zero-order valence-corrected chi connectivity index (χ0v) is 10.2. The van der Waals surface area contributed by atoms with Crippen LogP contribution in [-0.4, -0.2) is 29.7 Å². The van der Waals surface area contributed by atoms with Crippen LogP contribution in [0.25, 0.3) is 0 Å². The minimum absolute atomic E-state index is 0.172. The molecule has 88 valence electrons. The van der Waals surface area contributed by atoms with Crippen molar-refractivity contribution in [3.63, 3.8) is 0 Å². The zero-order valence-electron chi connectivity index (χ0n) is 9.27. The van der Waals surface area contributed by atoms with E-state index in [-0.39, 0.29) is 5.92 Å². The Bertz CT molecular complexity index is 256. The minimum atomic E-state index is -1.14. The minimum Gasteiger partial charge on any atom is -0.481 e. The molecule has 0 bridgehead atoms. The number of carbonyl (C=O) groups is 2. The van der Waals surface area contributed by atoms with E-state index < -0.39 is 22.9 Å². The molecule has 15 heavy (non-hydrogen) atoms. The van der Waals surface area contributed by atoms with Crippen LogP contribution in [0.3, 0.4) is 0 Å². The van der Waals surface area contributed by atoms with E-state index >= 15 is 0 Å².